The van der Waals surface area contributed by atoms with E-state index in [1.54, 1.807) is 6.08 Å². The van der Waals surface area contributed by atoms with Gasteiger partial charge in [0.15, 0.2) is 0 Å². The van der Waals surface area contributed by atoms with Crippen LogP contribution in [0.1, 0.15) is 30.9 Å². The topological polar surface area (TPSA) is 37.3 Å². The molecule has 1 aromatic rings. The SMILES string of the molecule is CCCC(=Cc1ccc(C)cc1)C(=O)O. The third-order valence-electron chi connectivity index (χ3n) is 2.21. The van der Waals surface area contributed by atoms with E-state index in [1.807, 2.05) is 38.1 Å². The lowest BCUT2D eigenvalue weighted by atomic mass is 10.1. The van der Waals surface area contributed by atoms with E-state index in [2.05, 4.69) is 0 Å². The molecule has 0 fully saturated rings. The Labute approximate surface area is 90.3 Å². The van der Waals surface area contributed by atoms with Gasteiger partial charge >= 0.3 is 5.97 Å². The molecular weight excluding hydrogens is 188 g/mol. The lowest BCUT2D eigenvalue weighted by Gasteiger charge is -2.00. The lowest BCUT2D eigenvalue weighted by molar-refractivity contribution is -0.132. The van der Waals surface area contributed by atoms with Crippen molar-refractivity contribution < 1.29 is 9.90 Å². The van der Waals surface area contributed by atoms with Gasteiger partial charge in [-0.3, -0.25) is 0 Å². The van der Waals surface area contributed by atoms with Gasteiger partial charge in [-0.1, -0.05) is 43.2 Å². The van der Waals surface area contributed by atoms with Crippen molar-refractivity contribution in [3.8, 4) is 0 Å². The van der Waals surface area contributed by atoms with Gasteiger partial charge in [0.25, 0.3) is 0 Å². The van der Waals surface area contributed by atoms with Gasteiger partial charge < -0.3 is 5.11 Å². The number of carboxylic acids is 1. The predicted octanol–water partition coefficient (Wildman–Crippen LogP) is 3.26. The molecule has 0 spiro atoms. The van der Waals surface area contributed by atoms with E-state index in [0.29, 0.717) is 12.0 Å². The summed E-state index contributed by atoms with van der Waals surface area (Å²) >= 11 is 0. The molecule has 15 heavy (non-hydrogen) atoms. The molecule has 0 aliphatic carbocycles. The quantitative estimate of drug-likeness (QED) is 0.764. The van der Waals surface area contributed by atoms with Crippen molar-refractivity contribution in [3.05, 3.63) is 41.0 Å². The molecule has 1 rings (SSSR count). The van der Waals surface area contributed by atoms with Crippen molar-refractivity contribution in [3.63, 3.8) is 0 Å². The van der Waals surface area contributed by atoms with Gasteiger partial charge in [-0.2, -0.15) is 0 Å². The second kappa shape index (κ2) is 5.35. The van der Waals surface area contributed by atoms with Crippen molar-refractivity contribution in [2.24, 2.45) is 0 Å². The maximum absolute atomic E-state index is 10.9. The van der Waals surface area contributed by atoms with Gasteiger partial charge in [0.2, 0.25) is 0 Å². The van der Waals surface area contributed by atoms with Crippen LogP contribution in [0.15, 0.2) is 29.8 Å². The highest BCUT2D eigenvalue weighted by Crippen LogP contribution is 2.12. The summed E-state index contributed by atoms with van der Waals surface area (Å²) in [7, 11) is 0. The summed E-state index contributed by atoms with van der Waals surface area (Å²) in [5.74, 6) is -0.822. The number of hydrogen-bond acceptors (Lipinski definition) is 1. The average Bonchev–Trinajstić information content (AvgIpc) is 2.20. The summed E-state index contributed by atoms with van der Waals surface area (Å²) in [6.45, 7) is 3.99. The van der Waals surface area contributed by atoms with Gasteiger partial charge in [0.1, 0.15) is 0 Å². The van der Waals surface area contributed by atoms with Crippen LogP contribution in [0.4, 0.5) is 0 Å². The van der Waals surface area contributed by atoms with Crippen LogP contribution in [0.5, 0.6) is 0 Å². The monoisotopic (exact) mass is 204 g/mol. The molecule has 0 aromatic heterocycles. The molecule has 2 nitrogen and oxygen atoms in total. The number of rotatable bonds is 4. The molecule has 0 atom stereocenters. The van der Waals surface area contributed by atoms with E-state index >= 15 is 0 Å². The van der Waals surface area contributed by atoms with Gasteiger partial charge in [-0.15, -0.1) is 0 Å². The number of aryl methyl sites for hydroxylation is 1. The molecule has 0 amide bonds. The van der Waals surface area contributed by atoms with Gasteiger partial charge in [0, 0.05) is 5.57 Å². The minimum atomic E-state index is -0.822. The Kier molecular flexibility index (Phi) is 4.10. The molecule has 0 aliphatic heterocycles. The molecule has 0 radical (unpaired) electrons. The fraction of sp³-hybridized carbons (Fsp3) is 0.308. The number of carboxylic acid groups (broad SMARTS) is 1. The molecular formula is C13H16O2. The molecule has 0 unspecified atom stereocenters. The zero-order valence-electron chi connectivity index (χ0n) is 9.16. The zero-order chi connectivity index (χ0) is 11.3. The number of aliphatic carboxylic acids is 1. The Morgan fingerprint density at radius 3 is 2.40 bits per heavy atom. The molecule has 0 saturated carbocycles. The van der Waals surface area contributed by atoms with Crippen LogP contribution in [-0.4, -0.2) is 11.1 Å². The molecule has 0 aliphatic rings. The molecule has 0 bridgehead atoms. The zero-order valence-corrected chi connectivity index (χ0v) is 9.16. The van der Waals surface area contributed by atoms with Crippen molar-refractivity contribution in [2.75, 3.05) is 0 Å². The second-order valence-electron chi connectivity index (χ2n) is 3.64. The van der Waals surface area contributed by atoms with E-state index in [9.17, 15) is 4.79 Å². The highest BCUT2D eigenvalue weighted by molar-refractivity contribution is 5.92. The first-order valence-electron chi connectivity index (χ1n) is 5.14. The van der Waals surface area contributed by atoms with Crippen LogP contribution in [0, 0.1) is 6.92 Å². The van der Waals surface area contributed by atoms with Crippen LogP contribution in [0.3, 0.4) is 0 Å². The Bertz CT molecular complexity index is 361. The maximum atomic E-state index is 10.9. The maximum Gasteiger partial charge on any atom is 0.331 e. The third-order valence-corrected chi connectivity index (χ3v) is 2.21. The first-order valence-corrected chi connectivity index (χ1v) is 5.14. The number of hydrogen-bond donors (Lipinski definition) is 1. The third kappa shape index (κ3) is 3.58. The van der Waals surface area contributed by atoms with Gasteiger partial charge in [-0.05, 0) is 25.0 Å². The van der Waals surface area contributed by atoms with E-state index in [1.165, 1.54) is 5.56 Å². The van der Waals surface area contributed by atoms with Crippen molar-refractivity contribution in [1.29, 1.82) is 0 Å². The first kappa shape index (κ1) is 11.5. The van der Waals surface area contributed by atoms with E-state index < -0.39 is 5.97 Å². The summed E-state index contributed by atoms with van der Waals surface area (Å²) in [6.07, 6.45) is 3.21. The van der Waals surface area contributed by atoms with Gasteiger partial charge in [0.05, 0.1) is 0 Å². The van der Waals surface area contributed by atoms with Crippen LogP contribution >= 0.6 is 0 Å². The normalized spacial score (nSPS) is 11.5. The molecule has 1 N–H and O–H groups in total. The Hall–Kier alpha value is -1.57. The summed E-state index contributed by atoms with van der Waals surface area (Å²) in [6, 6.07) is 7.84. The van der Waals surface area contributed by atoms with Crippen molar-refractivity contribution in [2.45, 2.75) is 26.7 Å². The highest BCUT2D eigenvalue weighted by atomic mass is 16.4. The van der Waals surface area contributed by atoms with Crippen LogP contribution in [0.2, 0.25) is 0 Å². The fourth-order valence-electron chi connectivity index (χ4n) is 1.37. The Morgan fingerprint density at radius 2 is 1.93 bits per heavy atom. The molecule has 1 aromatic carbocycles. The average molecular weight is 204 g/mol. The smallest absolute Gasteiger partial charge is 0.331 e. The second-order valence-corrected chi connectivity index (χ2v) is 3.64. The lowest BCUT2D eigenvalue weighted by Crippen LogP contribution is -1.99. The Morgan fingerprint density at radius 1 is 1.33 bits per heavy atom. The summed E-state index contributed by atoms with van der Waals surface area (Å²) in [5.41, 5.74) is 2.60. The van der Waals surface area contributed by atoms with Crippen molar-refractivity contribution in [1.82, 2.24) is 0 Å². The van der Waals surface area contributed by atoms with Gasteiger partial charge in [-0.25, -0.2) is 4.79 Å². The molecule has 80 valence electrons. The molecule has 0 heterocycles. The van der Waals surface area contributed by atoms with Crippen LogP contribution in [0.25, 0.3) is 6.08 Å². The molecule has 0 saturated heterocycles. The fourth-order valence-corrected chi connectivity index (χ4v) is 1.37. The first-order chi connectivity index (χ1) is 7.13. The summed E-state index contributed by atoms with van der Waals surface area (Å²) in [5, 5.41) is 8.95. The Balaban J connectivity index is 2.91. The minimum absolute atomic E-state index is 0.473. The van der Waals surface area contributed by atoms with E-state index in [4.69, 9.17) is 5.11 Å². The summed E-state index contributed by atoms with van der Waals surface area (Å²) < 4.78 is 0. The number of carbonyl (C=O) groups is 1. The molecule has 2 heteroatoms. The largest absolute Gasteiger partial charge is 0.478 e. The highest BCUT2D eigenvalue weighted by Gasteiger charge is 2.05. The van der Waals surface area contributed by atoms with E-state index in [0.717, 1.165) is 12.0 Å². The van der Waals surface area contributed by atoms with E-state index in [-0.39, 0.29) is 0 Å². The standard InChI is InChI=1S/C13H16O2/c1-3-4-12(13(14)15)9-11-7-5-10(2)6-8-11/h5-9H,3-4H2,1-2H3,(H,14,15). The van der Waals surface area contributed by atoms with Crippen molar-refractivity contribution >= 4 is 12.0 Å². The predicted molar refractivity (Wildman–Crippen MR) is 61.7 cm³/mol. The number of benzene rings is 1. The van der Waals surface area contributed by atoms with Crippen LogP contribution < -0.4 is 0 Å². The minimum Gasteiger partial charge on any atom is -0.478 e. The van der Waals surface area contributed by atoms with Crippen LogP contribution in [-0.2, 0) is 4.79 Å². The summed E-state index contributed by atoms with van der Waals surface area (Å²) in [4.78, 5) is 10.9.